The number of fused-ring (bicyclic) bond motifs is 1. The maximum atomic E-state index is 11.7. The smallest absolute Gasteiger partial charge is 0.336 e. The molecule has 0 amide bonds. The fourth-order valence-corrected chi connectivity index (χ4v) is 5.99. The second kappa shape index (κ2) is 10.9. The first-order valence-corrected chi connectivity index (χ1v) is 14.1. The van der Waals surface area contributed by atoms with E-state index in [1.165, 1.54) is 32.1 Å². The lowest BCUT2D eigenvalue weighted by Crippen LogP contribution is -2.13. The summed E-state index contributed by atoms with van der Waals surface area (Å²) in [6.45, 7) is 2.89. The Kier molecular flexibility index (Phi) is 7.01. The molecule has 1 aliphatic carbocycles. The van der Waals surface area contributed by atoms with Gasteiger partial charge in [-0.25, -0.2) is 14.8 Å². The molecule has 2 heterocycles. The van der Waals surface area contributed by atoms with Crippen molar-refractivity contribution >= 4 is 17.0 Å². The Bertz CT molecular complexity index is 1610. The number of aryl methyl sites for hydroxylation is 1. The number of hydrogen-bond donors (Lipinski definition) is 1. The lowest BCUT2D eigenvalue weighted by atomic mass is 9.95. The Hall–Kier alpha value is -4.19. The van der Waals surface area contributed by atoms with Gasteiger partial charge in [-0.2, -0.15) is 0 Å². The van der Waals surface area contributed by atoms with E-state index in [1.807, 2.05) is 30.5 Å². The Morgan fingerprint density at radius 2 is 1.74 bits per heavy atom. The first kappa shape index (κ1) is 25.1. The van der Waals surface area contributed by atoms with Gasteiger partial charge < -0.3 is 14.2 Å². The minimum atomic E-state index is -0.913. The molecule has 0 unspecified atom stereocenters. The third-order valence-corrected chi connectivity index (χ3v) is 7.96. The molecule has 1 aliphatic rings. The molecule has 1 fully saturated rings. The molecule has 198 valence electrons. The van der Waals surface area contributed by atoms with Crippen molar-refractivity contribution in [2.75, 3.05) is 0 Å². The van der Waals surface area contributed by atoms with Crippen LogP contribution in [0.15, 0.2) is 79.1 Å². The normalized spacial score (nSPS) is 14.2. The van der Waals surface area contributed by atoms with Crippen LogP contribution in [-0.4, -0.2) is 30.2 Å². The molecule has 6 heteroatoms. The monoisotopic (exact) mass is 518 g/mol. The van der Waals surface area contributed by atoms with E-state index < -0.39 is 5.97 Å². The lowest BCUT2D eigenvalue weighted by Gasteiger charge is -2.24. The highest BCUT2D eigenvalue weighted by Gasteiger charge is 2.20. The largest absolute Gasteiger partial charge is 0.478 e. The van der Waals surface area contributed by atoms with E-state index in [2.05, 4.69) is 52.6 Å². The summed E-state index contributed by atoms with van der Waals surface area (Å²) in [6.07, 6.45) is 12.3. The minimum Gasteiger partial charge on any atom is -0.478 e. The van der Waals surface area contributed by atoms with Gasteiger partial charge >= 0.3 is 5.97 Å². The number of aromatic nitrogens is 4. The van der Waals surface area contributed by atoms with Crippen LogP contribution in [0.1, 0.15) is 73.2 Å². The van der Waals surface area contributed by atoms with Crippen LogP contribution in [0.2, 0.25) is 0 Å². The average Bonchev–Trinajstić information content (AvgIpc) is 3.59. The number of benzene rings is 3. The van der Waals surface area contributed by atoms with Crippen LogP contribution in [0.5, 0.6) is 0 Å². The van der Waals surface area contributed by atoms with Gasteiger partial charge in [0.05, 0.1) is 16.6 Å². The summed E-state index contributed by atoms with van der Waals surface area (Å²) in [7, 11) is 0. The SMILES string of the molecule is CCCc1nc2ccc(-c3nccn3C3CCCCC3)cc2n1Cc1ccc(-c2ccccc2C(=O)O)cc1. The van der Waals surface area contributed by atoms with Gasteiger partial charge in [0, 0.05) is 37.0 Å². The van der Waals surface area contributed by atoms with Crippen LogP contribution in [0.4, 0.5) is 0 Å². The molecule has 1 saturated carbocycles. The number of carboxylic acids is 1. The highest BCUT2D eigenvalue weighted by atomic mass is 16.4. The minimum absolute atomic E-state index is 0.315. The quantitative estimate of drug-likeness (QED) is 0.228. The molecular formula is C33H34N4O2. The summed E-state index contributed by atoms with van der Waals surface area (Å²) in [6, 6.07) is 22.4. The fraction of sp³-hybridized carbons (Fsp3) is 0.303. The molecule has 0 saturated heterocycles. The second-order valence-corrected chi connectivity index (χ2v) is 10.6. The molecule has 6 nitrogen and oxygen atoms in total. The molecule has 0 radical (unpaired) electrons. The zero-order valence-corrected chi connectivity index (χ0v) is 22.4. The van der Waals surface area contributed by atoms with Crippen LogP contribution in [0.25, 0.3) is 33.5 Å². The van der Waals surface area contributed by atoms with E-state index in [0.717, 1.165) is 57.8 Å². The molecule has 6 rings (SSSR count). The summed E-state index contributed by atoms with van der Waals surface area (Å²) < 4.78 is 4.71. The molecule has 1 N–H and O–H groups in total. The summed E-state index contributed by atoms with van der Waals surface area (Å²) in [5.74, 6) is 1.21. The summed E-state index contributed by atoms with van der Waals surface area (Å²) >= 11 is 0. The van der Waals surface area contributed by atoms with Gasteiger partial charge in [-0.1, -0.05) is 68.7 Å². The number of hydrogen-bond acceptors (Lipinski definition) is 3. The van der Waals surface area contributed by atoms with Crippen LogP contribution >= 0.6 is 0 Å². The number of rotatable bonds is 8. The van der Waals surface area contributed by atoms with E-state index in [1.54, 1.807) is 12.1 Å². The third kappa shape index (κ3) is 4.99. The molecule has 39 heavy (non-hydrogen) atoms. The lowest BCUT2D eigenvalue weighted by molar-refractivity contribution is 0.0697. The van der Waals surface area contributed by atoms with Crippen molar-refractivity contribution in [3.05, 3.63) is 96.1 Å². The molecular weight excluding hydrogens is 484 g/mol. The van der Waals surface area contributed by atoms with Gasteiger partial charge in [0.15, 0.2) is 0 Å². The van der Waals surface area contributed by atoms with Gasteiger partial charge in [-0.15, -0.1) is 0 Å². The van der Waals surface area contributed by atoms with Gasteiger partial charge in [-0.3, -0.25) is 0 Å². The molecule has 5 aromatic rings. The summed E-state index contributed by atoms with van der Waals surface area (Å²) in [4.78, 5) is 21.5. The molecule has 0 bridgehead atoms. The Morgan fingerprint density at radius 1 is 0.974 bits per heavy atom. The highest BCUT2D eigenvalue weighted by Crippen LogP contribution is 2.33. The van der Waals surface area contributed by atoms with Gasteiger partial charge in [0.25, 0.3) is 0 Å². The van der Waals surface area contributed by atoms with E-state index in [0.29, 0.717) is 18.2 Å². The maximum Gasteiger partial charge on any atom is 0.336 e. The maximum absolute atomic E-state index is 11.7. The molecule has 0 aliphatic heterocycles. The van der Waals surface area contributed by atoms with Gasteiger partial charge in [0.1, 0.15) is 11.6 Å². The summed E-state index contributed by atoms with van der Waals surface area (Å²) in [5.41, 5.74) is 6.35. The Balaban J connectivity index is 1.35. The van der Waals surface area contributed by atoms with Crippen LogP contribution in [-0.2, 0) is 13.0 Å². The second-order valence-electron chi connectivity index (χ2n) is 10.6. The van der Waals surface area contributed by atoms with Gasteiger partial charge in [-0.05, 0) is 60.2 Å². The van der Waals surface area contributed by atoms with Crippen LogP contribution in [0.3, 0.4) is 0 Å². The first-order chi connectivity index (χ1) is 19.1. The molecule has 0 atom stereocenters. The molecule has 2 aromatic heterocycles. The zero-order valence-electron chi connectivity index (χ0n) is 22.4. The van der Waals surface area contributed by atoms with E-state index in [-0.39, 0.29) is 0 Å². The predicted octanol–water partition coefficient (Wildman–Crippen LogP) is 7.77. The molecule has 0 spiro atoms. The van der Waals surface area contributed by atoms with Crippen molar-refractivity contribution in [1.29, 1.82) is 0 Å². The van der Waals surface area contributed by atoms with Crippen molar-refractivity contribution in [2.45, 2.75) is 64.5 Å². The van der Waals surface area contributed by atoms with Crippen molar-refractivity contribution in [3.8, 4) is 22.5 Å². The van der Waals surface area contributed by atoms with Crippen molar-refractivity contribution < 1.29 is 9.90 Å². The van der Waals surface area contributed by atoms with Crippen molar-refractivity contribution in [3.63, 3.8) is 0 Å². The average molecular weight is 519 g/mol. The number of carboxylic acid groups (broad SMARTS) is 1. The van der Waals surface area contributed by atoms with Gasteiger partial charge in [0.2, 0.25) is 0 Å². The summed E-state index contributed by atoms with van der Waals surface area (Å²) in [5, 5.41) is 9.60. The van der Waals surface area contributed by atoms with E-state index in [9.17, 15) is 9.90 Å². The predicted molar refractivity (Wildman–Crippen MR) is 155 cm³/mol. The number of imidazole rings is 2. The Morgan fingerprint density at radius 3 is 2.51 bits per heavy atom. The van der Waals surface area contributed by atoms with Crippen molar-refractivity contribution in [1.82, 2.24) is 19.1 Å². The van der Waals surface area contributed by atoms with E-state index >= 15 is 0 Å². The number of aromatic carboxylic acids is 1. The topological polar surface area (TPSA) is 72.9 Å². The fourth-order valence-electron chi connectivity index (χ4n) is 5.99. The zero-order chi connectivity index (χ0) is 26.8. The van der Waals surface area contributed by atoms with Crippen LogP contribution < -0.4 is 0 Å². The van der Waals surface area contributed by atoms with Crippen molar-refractivity contribution in [2.24, 2.45) is 0 Å². The van der Waals surface area contributed by atoms with Crippen LogP contribution in [0, 0.1) is 0 Å². The number of carbonyl (C=O) groups is 1. The van der Waals surface area contributed by atoms with E-state index in [4.69, 9.17) is 9.97 Å². The third-order valence-electron chi connectivity index (χ3n) is 7.96. The number of nitrogens with zero attached hydrogens (tertiary/aromatic N) is 4. The standard InChI is InChI=1S/C33H34N4O2/c1-2-8-31-35-29-18-17-25(32-34-19-20-36(32)26-9-4-3-5-10-26)21-30(29)37(31)22-23-13-15-24(16-14-23)27-11-6-7-12-28(27)33(38)39/h6-7,11-21,26H,2-5,8-10,22H2,1H3,(H,38,39). The molecule has 3 aromatic carbocycles. The Labute approximate surface area is 229 Å². The first-order valence-electron chi connectivity index (χ1n) is 14.1. The highest BCUT2D eigenvalue weighted by molar-refractivity contribution is 5.96.